The molecule has 1 aliphatic heterocycles. The monoisotopic (exact) mass is 340 g/mol. The molecule has 130 valence electrons. The molecule has 0 radical (unpaired) electrons. The average molecular weight is 340 g/mol. The lowest BCUT2D eigenvalue weighted by molar-refractivity contribution is 0.116. The Morgan fingerprint density at radius 2 is 2.04 bits per heavy atom. The molecule has 0 aromatic carbocycles. The Morgan fingerprint density at radius 3 is 2.74 bits per heavy atom. The highest BCUT2D eigenvalue weighted by Crippen LogP contribution is 2.24. The van der Waals surface area contributed by atoms with E-state index in [0.29, 0.717) is 19.5 Å². The molecule has 7 heteroatoms. The van der Waals surface area contributed by atoms with Crippen LogP contribution in [0.4, 0.5) is 9.93 Å². The highest BCUT2D eigenvalue weighted by Gasteiger charge is 2.15. The van der Waals surface area contributed by atoms with E-state index in [-0.39, 0.29) is 18.1 Å². The predicted molar refractivity (Wildman–Crippen MR) is 94.1 cm³/mol. The third-order valence-electron chi connectivity index (χ3n) is 4.08. The van der Waals surface area contributed by atoms with Crippen molar-refractivity contribution < 1.29 is 9.90 Å². The molecule has 2 heterocycles. The standard InChI is InChI=1S/C16H28N4O2S/c1-12(2)14(21)6-8-18-15(22)17-7-5-13-11-23-16(19-13)20-9-3-4-10-20/h11-12,14,21H,3-10H2,1-2H3,(H2,17,18,22). The zero-order valence-electron chi connectivity index (χ0n) is 14.0. The SMILES string of the molecule is CC(C)C(O)CCNC(=O)NCCc1csc(N2CCCC2)n1. The van der Waals surface area contributed by atoms with Gasteiger partial charge in [0.15, 0.2) is 5.13 Å². The van der Waals surface area contributed by atoms with E-state index in [9.17, 15) is 9.90 Å². The van der Waals surface area contributed by atoms with Gasteiger partial charge >= 0.3 is 6.03 Å². The van der Waals surface area contributed by atoms with Gasteiger partial charge in [0.05, 0.1) is 11.8 Å². The number of carbonyl (C=O) groups excluding carboxylic acids is 1. The zero-order chi connectivity index (χ0) is 16.7. The van der Waals surface area contributed by atoms with Crippen molar-refractivity contribution in [1.29, 1.82) is 0 Å². The van der Waals surface area contributed by atoms with Crippen molar-refractivity contribution in [3.8, 4) is 0 Å². The molecule has 2 rings (SSSR count). The fourth-order valence-corrected chi connectivity index (χ4v) is 3.41. The molecule has 1 saturated heterocycles. The number of anilines is 1. The fraction of sp³-hybridized carbons (Fsp3) is 0.750. The van der Waals surface area contributed by atoms with Crippen LogP contribution in [0.3, 0.4) is 0 Å². The van der Waals surface area contributed by atoms with E-state index in [1.54, 1.807) is 11.3 Å². The maximum Gasteiger partial charge on any atom is 0.314 e. The molecule has 3 N–H and O–H groups in total. The minimum Gasteiger partial charge on any atom is -0.393 e. The lowest BCUT2D eigenvalue weighted by Crippen LogP contribution is -2.38. The summed E-state index contributed by atoms with van der Waals surface area (Å²) in [6, 6.07) is -0.184. The van der Waals surface area contributed by atoms with Gasteiger partial charge in [-0.3, -0.25) is 0 Å². The van der Waals surface area contributed by atoms with E-state index in [2.05, 4.69) is 25.9 Å². The van der Waals surface area contributed by atoms with Crippen LogP contribution in [0.25, 0.3) is 0 Å². The lowest BCUT2D eigenvalue weighted by atomic mass is 10.0. The molecule has 0 aliphatic carbocycles. The summed E-state index contributed by atoms with van der Waals surface area (Å²) >= 11 is 1.68. The lowest BCUT2D eigenvalue weighted by Gasteiger charge is -2.14. The van der Waals surface area contributed by atoms with Crippen LogP contribution in [0, 0.1) is 5.92 Å². The van der Waals surface area contributed by atoms with Gasteiger partial charge in [0.25, 0.3) is 0 Å². The Hall–Kier alpha value is -1.34. The molecule has 1 aromatic heterocycles. The summed E-state index contributed by atoms with van der Waals surface area (Å²) in [6.45, 7) is 7.21. The van der Waals surface area contributed by atoms with Crippen LogP contribution < -0.4 is 15.5 Å². The van der Waals surface area contributed by atoms with Crippen molar-refractivity contribution in [3.63, 3.8) is 0 Å². The third kappa shape index (κ3) is 5.99. The predicted octanol–water partition coefficient (Wildman–Crippen LogP) is 1.99. The minimum absolute atomic E-state index is 0.184. The largest absolute Gasteiger partial charge is 0.393 e. The molecule has 2 amide bonds. The van der Waals surface area contributed by atoms with E-state index >= 15 is 0 Å². The Morgan fingerprint density at radius 1 is 1.35 bits per heavy atom. The summed E-state index contributed by atoms with van der Waals surface area (Å²) in [4.78, 5) is 18.6. The van der Waals surface area contributed by atoms with Gasteiger partial charge < -0.3 is 20.6 Å². The maximum absolute atomic E-state index is 11.7. The molecule has 1 aromatic rings. The number of aliphatic hydroxyl groups is 1. The van der Waals surface area contributed by atoms with Crippen LogP contribution in [-0.2, 0) is 6.42 Å². The number of thiazole rings is 1. The van der Waals surface area contributed by atoms with E-state index in [1.807, 2.05) is 13.8 Å². The molecule has 0 bridgehead atoms. The van der Waals surface area contributed by atoms with E-state index in [1.165, 1.54) is 12.8 Å². The van der Waals surface area contributed by atoms with Gasteiger partial charge in [-0.05, 0) is 25.2 Å². The summed E-state index contributed by atoms with van der Waals surface area (Å²) in [5.41, 5.74) is 1.03. The fourth-order valence-electron chi connectivity index (χ4n) is 2.50. The normalized spacial score (nSPS) is 15.9. The van der Waals surface area contributed by atoms with Gasteiger partial charge in [-0.25, -0.2) is 9.78 Å². The summed E-state index contributed by atoms with van der Waals surface area (Å²) in [5, 5.41) is 18.5. The molecule has 1 aliphatic rings. The molecule has 23 heavy (non-hydrogen) atoms. The van der Waals surface area contributed by atoms with Crippen LogP contribution in [0.15, 0.2) is 5.38 Å². The molecule has 1 atom stereocenters. The van der Waals surface area contributed by atoms with Gasteiger partial charge in [0.2, 0.25) is 0 Å². The Bertz CT molecular complexity index is 486. The average Bonchev–Trinajstić information content (AvgIpc) is 3.17. The number of aromatic nitrogens is 1. The van der Waals surface area contributed by atoms with Crippen molar-refractivity contribution in [2.75, 3.05) is 31.1 Å². The summed E-state index contributed by atoms with van der Waals surface area (Å²) < 4.78 is 0. The highest BCUT2D eigenvalue weighted by molar-refractivity contribution is 7.13. The summed E-state index contributed by atoms with van der Waals surface area (Å²) in [7, 11) is 0. The number of aliphatic hydroxyl groups excluding tert-OH is 1. The number of hydrogen-bond acceptors (Lipinski definition) is 5. The smallest absolute Gasteiger partial charge is 0.314 e. The number of nitrogens with zero attached hydrogens (tertiary/aromatic N) is 2. The Balaban J connectivity index is 1.60. The van der Waals surface area contributed by atoms with Crippen LogP contribution >= 0.6 is 11.3 Å². The van der Waals surface area contributed by atoms with Crippen LogP contribution in [0.2, 0.25) is 0 Å². The first-order chi connectivity index (χ1) is 11.1. The van der Waals surface area contributed by atoms with Crippen molar-refractivity contribution in [1.82, 2.24) is 15.6 Å². The second kappa shape index (κ2) is 9.08. The minimum atomic E-state index is -0.366. The van der Waals surface area contributed by atoms with Crippen molar-refractivity contribution in [3.05, 3.63) is 11.1 Å². The summed E-state index contributed by atoms with van der Waals surface area (Å²) in [6.07, 6.45) is 3.46. The first kappa shape index (κ1) is 18.0. The maximum atomic E-state index is 11.7. The van der Waals surface area contributed by atoms with Crippen molar-refractivity contribution in [2.45, 2.75) is 45.6 Å². The molecular weight excluding hydrogens is 312 g/mol. The zero-order valence-corrected chi connectivity index (χ0v) is 14.9. The van der Waals surface area contributed by atoms with Gasteiger partial charge in [-0.15, -0.1) is 11.3 Å². The first-order valence-corrected chi connectivity index (χ1v) is 9.33. The van der Waals surface area contributed by atoms with E-state index in [4.69, 9.17) is 0 Å². The quantitative estimate of drug-likeness (QED) is 0.676. The number of carbonyl (C=O) groups is 1. The number of rotatable bonds is 8. The number of amides is 2. The third-order valence-corrected chi connectivity index (χ3v) is 5.03. The van der Waals surface area contributed by atoms with Crippen LogP contribution in [0.1, 0.15) is 38.8 Å². The Labute approximate surface area is 142 Å². The van der Waals surface area contributed by atoms with Crippen molar-refractivity contribution >= 4 is 22.5 Å². The molecule has 6 nitrogen and oxygen atoms in total. The number of urea groups is 1. The number of nitrogens with one attached hydrogen (secondary N) is 2. The Kier molecular flexibility index (Phi) is 7.11. The van der Waals surface area contributed by atoms with E-state index in [0.717, 1.165) is 30.3 Å². The topological polar surface area (TPSA) is 77.5 Å². The van der Waals surface area contributed by atoms with Gasteiger partial charge in [0, 0.05) is 38.0 Å². The second-order valence-electron chi connectivity index (χ2n) is 6.35. The van der Waals surface area contributed by atoms with Gasteiger partial charge in [-0.2, -0.15) is 0 Å². The summed E-state index contributed by atoms with van der Waals surface area (Å²) in [5.74, 6) is 0.217. The molecule has 0 spiro atoms. The second-order valence-corrected chi connectivity index (χ2v) is 7.18. The van der Waals surface area contributed by atoms with Gasteiger partial charge in [0.1, 0.15) is 0 Å². The van der Waals surface area contributed by atoms with Crippen molar-refractivity contribution in [2.24, 2.45) is 5.92 Å². The van der Waals surface area contributed by atoms with Crippen LogP contribution in [-0.4, -0.2) is 48.4 Å². The molecule has 1 unspecified atom stereocenters. The first-order valence-electron chi connectivity index (χ1n) is 8.45. The number of hydrogen-bond donors (Lipinski definition) is 3. The molecule has 1 fully saturated rings. The highest BCUT2D eigenvalue weighted by atomic mass is 32.1. The molecular formula is C16H28N4O2S. The molecule has 0 saturated carbocycles. The van der Waals surface area contributed by atoms with Gasteiger partial charge in [-0.1, -0.05) is 13.8 Å². The van der Waals surface area contributed by atoms with E-state index < -0.39 is 0 Å². The van der Waals surface area contributed by atoms with Crippen LogP contribution in [0.5, 0.6) is 0 Å².